The lowest BCUT2D eigenvalue weighted by molar-refractivity contribution is 0.252. The van der Waals surface area contributed by atoms with E-state index in [1.807, 2.05) is 0 Å². The number of fused-ring (bicyclic) bond motifs is 1. The molecule has 0 aromatic heterocycles. The van der Waals surface area contributed by atoms with Gasteiger partial charge in [-0.2, -0.15) is 0 Å². The zero-order chi connectivity index (χ0) is 12.5. The lowest BCUT2D eigenvalue weighted by atomic mass is 9.77. The molecule has 98 valence electrons. The van der Waals surface area contributed by atoms with Gasteiger partial charge in [0.05, 0.1) is 6.61 Å². The number of rotatable bonds is 2. The second kappa shape index (κ2) is 4.93. The normalized spacial score (nSPS) is 28.6. The minimum atomic E-state index is 0.158. The Labute approximate surface area is 110 Å². The minimum Gasteiger partial charge on any atom is -0.493 e. The summed E-state index contributed by atoms with van der Waals surface area (Å²) in [5, 5.41) is 0. The summed E-state index contributed by atoms with van der Waals surface area (Å²) in [7, 11) is 0. The Hall–Kier alpha value is -1.02. The van der Waals surface area contributed by atoms with E-state index >= 15 is 0 Å². The topological polar surface area (TPSA) is 35.2 Å². The van der Waals surface area contributed by atoms with Crippen molar-refractivity contribution in [2.75, 3.05) is 6.61 Å². The lowest BCUT2D eigenvalue weighted by Gasteiger charge is -2.31. The molecule has 3 rings (SSSR count). The van der Waals surface area contributed by atoms with Gasteiger partial charge < -0.3 is 10.5 Å². The minimum absolute atomic E-state index is 0.158. The summed E-state index contributed by atoms with van der Waals surface area (Å²) in [4.78, 5) is 0. The molecule has 0 bridgehead atoms. The first-order chi connectivity index (χ1) is 8.75. The van der Waals surface area contributed by atoms with Gasteiger partial charge in [-0.05, 0) is 30.2 Å². The Balaban J connectivity index is 1.80. The maximum Gasteiger partial charge on any atom is 0.127 e. The molecule has 1 saturated carbocycles. The van der Waals surface area contributed by atoms with Crippen molar-refractivity contribution < 1.29 is 4.74 Å². The molecule has 0 amide bonds. The van der Waals surface area contributed by atoms with Crippen LogP contribution in [-0.4, -0.2) is 6.61 Å². The van der Waals surface area contributed by atoms with Crippen LogP contribution in [0.2, 0.25) is 0 Å². The highest BCUT2D eigenvalue weighted by atomic mass is 16.5. The standard InChI is InChI=1S/C16H23NO/c1-11-5-7-12(8-6-11)15(17)14-4-2-3-13-9-10-18-16(13)14/h2-4,11-12,15H,5-10,17H2,1H3. The quantitative estimate of drug-likeness (QED) is 0.866. The van der Waals surface area contributed by atoms with Crippen LogP contribution in [0.15, 0.2) is 18.2 Å². The summed E-state index contributed by atoms with van der Waals surface area (Å²) in [6, 6.07) is 6.62. The molecule has 1 fully saturated rings. The molecule has 1 heterocycles. The zero-order valence-electron chi connectivity index (χ0n) is 11.2. The van der Waals surface area contributed by atoms with Gasteiger partial charge in [-0.25, -0.2) is 0 Å². The summed E-state index contributed by atoms with van der Waals surface area (Å²) in [6.07, 6.45) is 6.23. The highest BCUT2D eigenvalue weighted by Gasteiger charge is 2.28. The predicted octanol–water partition coefficient (Wildman–Crippen LogP) is 3.45. The summed E-state index contributed by atoms with van der Waals surface area (Å²) >= 11 is 0. The molecule has 1 aromatic carbocycles. The van der Waals surface area contributed by atoms with Crippen LogP contribution in [0, 0.1) is 11.8 Å². The number of para-hydroxylation sites is 1. The van der Waals surface area contributed by atoms with E-state index in [0.29, 0.717) is 5.92 Å². The van der Waals surface area contributed by atoms with E-state index in [2.05, 4.69) is 25.1 Å². The van der Waals surface area contributed by atoms with E-state index in [1.54, 1.807) is 0 Å². The second-order valence-electron chi connectivity index (χ2n) is 5.98. The van der Waals surface area contributed by atoms with E-state index in [-0.39, 0.29) is 6.04 Å². The fraction of sp³-hybridized carbons (Fsp3) is 0.625. The largest absolute Gasteiger partial charge is 0.493 e. The highest BCUT2D eigenvalue weighted by molar-refractivity contribution is 5.45. The SMILES string of the molecule is CC1CCC(C(N)c2cccc3c2OCC3)CC1. The van der Waals surface area contributed by atoms with Crippen LogP contribution in [0.4, 0.5) is 0 Å². The zero-order valence-corrected chi connectivity index (χ0v) is 11.2. The molecule has 0 spiro atoms. The molecule has 2 heteroatoms. The molecular formula is C16H23NO. The first-order valence-corrected chi connectivity index (χ1v) is 7.26. The molecule has 1 aliphatic carbocycles. The molecule has 2 nitrogen and oxygen atoms in total. The van der Waals surface area contributed by atoms with Crippen molar-refractivity contribution in [2.45, 2.75) is 45.1 Å². The van der Waals surface area contributed by atoms with Gasteiger partial charge in [-0.3, -0.25) is 0 Å². The first kappa shape index (κ1) is 12.0. The Morgan fingerprint density at radius 3 is 2.78 bits per heavy atom. The Morgan fingerprint density at radius 1 is 1.22 bits per heavy atom. The summed E-state index contributed by atoms with van der Waals surface area (Å²) in [5.41, 5.74) is 9.09. The van der Waals surface area contributed by atoms with Crippen molar-refractivity contribution in [3.05, 3.63) is 29.3 Å². The van der Waals surface area contributed by atoms with Crippen LogP contribution in [0.3, 0.4) is 0 Å². The van der Waals surface area contributed by atoms with Crippen LogP contribution in [0.1, 0.15) is 49.8 Å². The lowest BCUT2D eigenvalue weighted by Crippen LogP contribution is -2.25. The number of hydrogen-bond donors (Lipinski definition) is 1. The summed E-state index contributed by atoms with van der Waals surface area (Å²) in [5.74, 6) is 2.60. The molecule has 1 unspecified atom stereocenters. The molecule has 1 aromatic rings. The van der Waals surface area contributed by atoms with Crippen molar-refractivity contribution in [2.24, 2.45) is 17.6 Å². The van der Waals surface area contributed by atoms with Gasteiger partial charge in [0.1, 0.15) is 5.75 Å². The molecular weight excluding hydrogens is 222 g/mol. The molecule has 18 heavy (non-hydrogen) atoms. The smallest absolute Gasteiger partial charge is 0.127 e. The molecule has 1 aliphatic heterocycles. The van der Waals surface area contributed by atoms with E-state index in [0.717, 1.165) is 24.7 Å². The number of nitrogens with two attached hydrogens (primary N) is 1. The average molecular weight is 245 g/mol. The van der Waals surface area contributed by atoms with Gasteiger partial charge in [0, 0.05) is 18.0 Å². The maximum absolute atomic E-state index is 6.51. The Bertz CT molecular complexity index is 421. The third-order valence-corrected chi connectivity index (χ3v) is 4.67. The third kappa shape index (κ3) is 2.14. The van der Waals surface area contributed by atoms with Gasteiger partial charge in [-0.15, -0.1) is 0 Å². The van der Waals surface area contributed by atoms with Crippen LogP contribution in [0.25, 0.3) is 0 Å². The van der Waals surface area contributed by atoms with E-state index in [4.69, 9.17) is 10.5 Å². The third-order valence-electron chi connectivity index (χ3n) is 4.67. The molecule has 0 radical (unpaired) electrons. The monoisotopic (exact) mass is 245 g/mol. The molecule has 2 aliphatic rings. The van der Waals surface area contributed by atoms with Crippen molar-refractivity contribution in [3.63, 3.8) is 0 Å². The Kier molecular flexibility index (Phi) is 3.29. The number of hydrogen-bond acceptors (Lipinski definition) is 2. The fourth-order valence-electron chi connectivity index (χ4n) is 3.40. The predicted molar refractivity (Wildman–Crippen MR) is 73.7 cm³/mol. The van der Waals surface area contributed by atoms with Gasteiger partial charge in [0.25, 0.3) is 0 Å². The highest BCUT2D eigenvalue weighted by Crippen LogP contribution is 2.40. The number of benzene rings is 1. The molecule has 2 N–H and O–H groups in total. The van der Waals surface area contributed by atoms with E-state index < -0.39 is 0 Å². The number of ether oxygens (including phenoxy) is 1. The van der Waals surface area contributed by atoms with Gasteiger partial charge in [-0.1, -0.05) is 38.0 Å². The maximum atomic E-state index is 6.51. The van der Waals surface area contributed by atoms with Gasteiger partial charge in [0.15, 0.2) is 0 Å². The van der Waals surface area contributed by atoms with Crippen molar-refractivity contribution in [3.8, 4) is 5.75 Å². The fourth-order valence-corrected chi connectivity index (χ4v) is 3.40. The first-order valence-electron chi connectivity index (χ1n) is 7.26. The van der Waals surface area contributed by atoms with Crippen LogP contribution >= 0.6 is 0 Å². The molecule has 1 atom stereocenters. The van der Waals surface area contributed by atoms with Crippen molar-refractivity contribution >= 4 is 0 Å². The Morgan fingerprint density at radius 2 is 2.00 bits per heavy atom. The van der Waals surface area contributed by atoms with Crippen molar-refractivity contribution in [1.29, 1.82) is 0 Å². The van der Waals surface area contributed by atoms with E-state index in [9.17, 15) is 0 Å². The summed E-state index contributed by atoms with van der Waals surface area (Å²) < 4.78 is 5.78. The summed E-state index contributed by atoms with van der Waals surface area (Å²) in [6.45, 7) is 3.17. The van der Waals surface area contributed by atoms with Crippen LogP contribution < -0.4 is 10.5 Å². The van der Waals surface area contributed by atoms with Crippen molar-refractivity contribution in [1.82, 2.24) is 0 Å². The van der Waals surface area contributed by atoms with E-state index in [1.165, 1.54) is 36.8 Å². The van der Waals surface area contributed by atoms with Crippen LogP contribution in [0.5, 0.6) is 5.75 Å². The molecule has 0 saturated heterocycles. The van der Waals surface area contributed by atoms with Gasteiger partial charge >= 0.3 is 0 Å². The average Bonchev–Trinajstić information content (AvgIpc) is 2.87. The van der Waals surface area contributed by atoms with Crippen LogP contribution in [-0.2, 0) is 6.42 Å². The second-order valence-corrected chi connectivity index (χ2v) is 5.98. The van der Waals surface area contributed by atoms with Gasteiger partial charge in [0.2, 0.25) is 0 Å².